The molecule has 92 valence electrons. The predicted octanol–water partition coefficient (Wildman–Crippen LogP) is -1.07. The first-order chi connectivity index (χ1) is 9.25. The van der Waals surface area contributed by atoms with Gasteiger partial charge in [0.15, 0.2) is 6.20 Å². The SMILES string of the molecule is C[n+]1ccncc1[B-]c1cnc2ccccc2[n+]1C. The van der Waals surface area contributed by atoms with Gasteiger partial charge in [-0.3, -0.25) is 4.98 Å². The molecule has 2 aromatic heterocycles. The summed E-state index contributed by atoms with van der Waals surface area (Å²) in [6.45, 7) is 0. The standard InChI is InChI=1S/C14H14BN4/c1-18-8-7-16-9-13(18)15-14-10-17-11-5-3-4-6-12(11)19(14)2/h3-10H,1-2H3/q+1. The van der Waals surface area contributed by atoms with Crippen LogP contribution in [0.1, 0.15) is 0 Å². The van der Waals surface area contributed by atoms with Gasteiger partial charge in [-0.2, -0.15) is 0 Å². The number of rotatable bonds is 2. The van der Waals surface area contributed by atoms with Crippen LogP contribution in [0, 0.1) is 0 Å². The Kier molecular flexibility index (Phi) is 2.95. The zero-order valence-electron chi connectivity index (χ0n) is 11.0. The summed E-state index contributed by atoms with van der Waals surface area (Å²) in [6, 6.07) is 8.11. The molecule has 1 aromatic carbocycles. The Morgan fingerprint density at radius 3 is 2.74 bits per heavy atom. The number of hydrogen-bond acceptors (Lipinski definition) is 2. The van der Waals surface area contributed by atoms with Crippen LogP contribution in [0.2, 0.25) is 0 Å². The van der Waals surface area contributed by atoms with E-state index in [-0.39, 0.29) is 0 Å². The molecule has 0 aliphatic rings. The van der Waals surface area contributed by atoms with Gasteiger partial charge in [0, 0.05) is 18.5 Å². The highest BCUT2D eigenvalue weighted by Crippen LogP contribution is 2.02. The van der Waals surface area contributed by atoms with Crippen LogP contribution in [0.15, 0.2) is 49.1 Å². The van der Waals surface area contributed by atoms with Gasteiger partial charge in [-0.05, 0) is 17.3 Å². The molecule has 3 rings (SSSR count). The summed E-state index contributed by atoms with van der Waals surface area (Å²) in [6.07, 6.45) is 7.43. The van der Waals surface area contributed by atoms with E-state index in [0.29, 0.717) is 0 Å². The summed E-state index contributed by atoms with van der Waals surface area (Å²) in [5.74, 6) is 0. The molecule has 0 spiro atoms. The zero-order chi connectivity index (χ0) is 13.2. The van der Waals surface area contributed by atoms with Crippen molar-refractivity contribution in [3.05, 3.63) is 49.1 Å². The summed E-state index contributed by atoms with van der Waals surface area (Å²) < 4.78 is 4.16. The minimum absolute atomic E-state index is 0.998. The lowest BCUT2D eigenvalue weighted by atomic mass is 9.70. The van der Waals surface area contributed by atoms with Gasteiger partial charge < -0.3 is 0 Å². The number of aromatic nitrogens is 4. The van der Waals surface area contributed by atoms with Gasteiger partial charge in [0.25, 0.3) is 0 Å². The maximum absolute atomic E-state index is 4.49. The van der Waals surface area contributed by atoms with Crippen molar-refractivity contribution >= 4 is 29.5 Å². The van der Waals surface area contributed by atoms with E-state index >= 15 is 0 Å². The highest BCUT2D eigenvalue weighted by molar-refractivity contribution is 6.64. The van der Waals surface area contributed by atoms with Gasteiger partial charge in [0.1, 0.15) is 19.6 Å². The molecule has 0 bridgehead atoms. The number of para-hydroxylation sites is 2. The average Bonchev–Trinajstić information content (AvgIpc) is 2.44. The second-order valence-corrected chi connectivity index (χ2v) is 4.49. The van der Waals surface area contributed by atoms with Crippen molar-refractivity contribution in [2.75, 3.05) is 0 Å². The summed E-state index contributed by atoms with van der Waals surface area (Å²) in [5.41, 5.74) is 4.19. The number of nitrogens with zero attached hydrogens (tertiary/aromatic N) is 4. The highest BCUT2D eigenvalue weighted by Gasteiger charge is 2.07. The molecule has 0 aliphatic carbocycles. The Balaban J connectivity index is 2.07. The summed E-state index contributed by atoms with van der Waals surface area (Å²) in [5, 5.41) is 0. The van der Waals surface area contributed by atoms with Gasteiger partial charge in [-0.25, -0.2) is 14.1 Å². The van der Waals surface area contributed by atoms with E-state index in [1.807, 2.05) is 55.5 Å². The fraction of sp³-hybridized carbons (Fsp3) is 0.143. The first kappa shape index (κ1) is 11.8. The Bertz CT molecular complexity index is 742. The molecule has 0 amide bonds. The summed E-state index contributed by atoms with van der Waals surface area (Å²) in [7, 11) is 6.13. The minimum atomic E-state index is 0.998. The molecule has 5 heteroatoms. The molecule has 19 heavy (non-hydrogen) atoms. The number of hydrogen-bond donors (Lipinski definition) is 0. The van der Waals surface area contributed by atoms with Crippen molar-refractivity contribution in [2.45, 2.75) is 0 Å². The van der Waals surface area contributed by atoms with Crippen molar-refractivity contribution in [1.82, 2.24) is 9.97 Å². The van der Waals surface area contributed by atoms with E-state index in [1.54, 1.807) is 6.20 Å². The lowest BCUT2D eigenvalue weighted by molar-refractivity contribution is -0.655. The second kappa shape index (κ2) is 4.76. The van der Waals surface area contributed by atoms with Crippen LogP contribution < -0.4 is 20.3 Å². The molecule has 0 N–H and O–H groups in total. The first-order valence-electron chi connectivity index (χ1n) is 6.14. The van der Waals surface area contributed by atoms with Crippen molar-refractivity contribution in [2.24, 2.45) is 14.1 Å². The van der Waals surface area contributed by atoms with Crippen LogP contribution in [0.25, 0.3) is 11.0 Å². The Morgan fingerprint density at radius 1 is 1.05 bits per heavy atom. The fourth-order valence-electron chi connectivity index (χ4n) is 2.08. The van der Waals surface area contributed by atoms with Crippen molar-refractivity contribution in [3.8, 4) is 0 Å². The third-order valence-corrected chi connectivity index (χ3v) is 3.25. The number of fused-ring (bicyclic) bond motifs is 1. The van der Waals surface area contributed by atoms with Crippen molar-refractivity contribution < 1.29 is 9.13 Å². The lowest BCUT2D eigenvalue weighted by Crippen LogP contribution is -2.59. The zero-order valence-corrected chi connectivity index (χ0v) is 11.0. The molecule has 3 aromatic rings. The Morgan fingerprint density at radius 2 is 1.89 bits per heavy atom. The molecule has 0 atom stereocenters. The van der Waals surface area contributed by atoms with Gasteiger partial charge in [0.05, 0.1) is 6.20 Å². The van der Waals surface area contributed by atoms with E-state index in [2.05, 4.69) is 27.9 Å². The molecule has 0 fully saturated rings. The van der Waals surface area contributed by atoms with E-state index in [9.17, 15) is 0 Å². The van der Waals surface area contributed by atoms with Crippen LogP contribution in [-0.4, -0.2) is 17.2 Å². The molecule has 0 saturated carbocycles. The first-order valence-corrected chi connectivity index (χ1v) is 6.14. The van der Waals surface area contributed by atoms with Crippen LogP contribution >= 0.6 is 0 Å². The molecule has 0 unspecified atom stereocenters. The molecule has 4 nitrogen and oxygen atoms in total. The smallest absolute Gasteiger partial charge is 0.227 e. The van der Waals surface area contributed by atoms with Crippen LogP contribution in [-0.2, 0) is 14.1 Å². The largest absolute Gasteiger partial charge is 0.256 e. The molecule has 0 saturated heterocycles. The maximum atomic E-state index is 4.49. The molecule has 0 aliphatic heterocycles. The lowest BCUT2D eigenvalue weighted by Gasteiger charge is -2.12. The number of benzene rings is 1. The number of aryl methyl sites for hydroxylation is 2. The van der Waals surface area contributed by atoms with Crippen LogP contribution in [0.3, 0.4) is 0 Å². The van der Waals surface area contributed by atoms with Gasteiger partial charge in [-0.1, -0.05) is 19.4 Å². The third-order valence-electron chi connectivity index (χ3n) is 3.25. The van der Waals surface area contributed by atoms with E-state index in [0.717, 1.165) is 22.2 Å². The molecule has 2 heterocycles. The maximum Gasteiger partial charge on any atom is 0.227 e. The minimum Gasteiger partial charge on any atom is -0.256 e. The normalized spacial score (nSPS) is 10.8. The van der Waals surface area contributed by atoms with E-state index in [4.69, 9.17) is 0 Å². The monoisotopic (exact) mass is 249 g/mol. The second-order valence-electron chi connectivity index (χ2n) is 4.49. The highest BCUT2D eigenvalue weighted by atomic mass is 15.0. The molecular formula is C14H14BN4+. The van der Waals surface area contributed by atoms with E-state index in [1.165, 1.54) is 0 Å². The predicted molar refractivity (Wildman–Crippen MR) is 73.4 cm³/mol. The van der Waals surface area contributed by atoms with Gasteiger partial charge in [0.2, 0.25) is 5.52 Å². The van der Waals surface area contributed by atoms with Gasteiger partial charge >= 0.3 is 0 Å². The average molecular weight is 249 g/mol. The molecule has 2 radical (unpaired) electrons. The van der Waals surface area contributed by atoms with Crippen molar-refractivity contribution in [1.29, 1.82) is 0 Å². The van der Waals surface area contributed by atoms with E-state index < -0.39 is 0 Å². The fourth-order valence-corrected chi connectivity index (χ4v) is 2.08. The third kappa shape index (κ3) is 2.19. The van der Waals surface area contributed by atoms with Crippen LogP contribution in [0.4, 0.5) is 0 Å². The quantitative estimate of drug-likeness (QED) is 0.428. The summed E-state index contributed by atoms with van der Waals surface area (Å²) in [4.78, 5) is 8.64. The van der Waals surface area contributed by atoms with Gasteiger partial charge in [-0.15, -0.1) is 0 Å². The topological polar surface area (TPSA) is 33.5 Å². The Labute approximate surface area is 112 Å². The molecular weight excluding hydrogens is 235 g/mol. The summed E-state index contributed by atoms with van der Waals surface area (Å²) >= 11 is 0. The van der Waals surface area contributed by atoms with Crippen LogP contribution in [0.5, 0.6) is 0 Å². The Hall–Kier alpha value is -2.30. The van der Waals surface area contributed by atoms with Crippen molar-refractivity contribution in [3.63, 3.8) is 0 Å².